The van der Waals surface area contributed by atoms with Crippen molar-refractivity contribution in [3.8, 4) is 0 Å². The lowest BCUT2D eigenvalue weighted by molar-refractivity contribution is -0.163. The van der Waals surface area contributed by atoms with E-state index in [9.17, 15) is 22.8 Å². The molecule has 0 unspecified atom stereocenters. The number of nitrogens with one attached hydrogen (secondary N) is 1. The van der Waals surface area contributed by atoms with E-state index < -0.39 is 28.1 Å². The summed E-state index contributed by atoms with van der Waals surface area (Å²) in [6.07, 6.45) is 1.83. The molecule has 0 bridgehead atoms. The van der Waals surface area contributed by atoms with Gasteiger partial charge in [0, 0.05) is 17.6 Å². The normalized spacial score (nSPS) is 21.6. The van der Waals surface area contributed by atoms with Crippen LogP contribution in [0, 0.1) is 0 Å². The largest absolute Gasteiger partial charge is 0.451 e. The Balaban J connectivity index is 2.00. The number of carbonyl (C=O) groups excluding carboxylic acids is 3. The van der Waals surface area contributed by atoms with Crippen LogP contribution in [-0.4, -0.2) is 55.2 Å². The maximum absolute atomic E-state index is 12.8. The van der Waals surface area contributed by atoms with Gasteiger partial charge in [0.1, 0.15) is 6.04 Å². The SMILES string of the molecule is CC(=O)c1ccc(S(=O)(=O)N[C@H](C)C(=O)O[C@H](C)C(=O)N2[C@H](C)CCC[C@H]2C)cc1. The van der Waals surface area contributed by atoms with E-state index in [-0.39, 0.29) is 28.7 Å². The van der Waals surface area contributed by atoms with E-state index >= 15 is 0 Å². The number of rotatable bonds is 7. The number of amides is 1. The van der Waals surface area contributed by atoms with Gasteiger partial charge in [0.25, 0.3) is 5.91 Å². The highest BCUT2D eigenvalue weighted by Gasteiger charge is 2.34. The molecule has 0 spiro atoms. The fraction of sp³-hybridized carbons (Fsp3) is 0.571. The molecule has 2 rings (SSSR count). The Kier molecular flexibility index (Phi) is 7.76. The van der Waals surface area contributed by atoms with Crippen LogP contribution in [0.4, 0.5) is 0 Å². The van der Waals surface area contributed by atoms with E-state index in [1.807, 2.05) is 13.8 Å². The molecule has 8 nitrogen and oxygen atoms in total. The molecule has 0 radical (unpaired) electrons. The van der Waals surface area contributed by atoms with Crippen molar-refractivity contribution in [2.24, 2.45) is 0 Å². The lowest BCUT2D eigenvalue weighted by Crippen LogP contribution is -2.52. The van der Waals surface area contributed by atoms with E-state index in [0.29, 0.717) is 5.56 Å². The topological polar surface area (TPSA) is 110 Å². The first-order valence-corrected chi connectivity index (χ1v) is 11.6. The van der Waals surface area contributed by atoms with Crippen LogP contribution in [0.15, 0.2) is 29.2 Å². The second kappa shape index (κ2) is 9.70. The van der Waals surface area contributed by atoms with Crippen LogP contribution in [0.25, 0.3) is 0 Å². The third-order valence-corrected chi connectivity index (χ3v) is 6.90. The van der Waals surface area contributed by atoms with Crippen molar-refractivity contribution in [2.45, 2.75) is 83.0 Å². The van der Waals surface area contributed by atoms with Crippen molar-refractivity contribution in [3.05, 3.63) is 29.8 Å². The Bertz CT molecular complexity index is 887. The molecule has 9 heteroatoms. The summed E-state index contributed by atoms with van der Waals surface area (Å²) in [7, 11) is -4.00. The predicted molar refractivity (Wildman–Crippen MR) is 111 cm³/mol. The molecule has 1 aromatic rings. The number of piperidine rings is 1. The minimum atomic E-state index is -4.00. The van der Waals surface area contributed by atoms with Gasteiger partial charge in [0.05, 0.1) is 4.90 Å². The number of sulfonamides is 1. The van der Waals surface area contributed by atoms with E-state index in [4.69, 9.17) is 4.74 Å². The fourth-order valence-corrected chi connectivity index (χ4v) is 4.80. The number of hydrogen-bond donors (Lipinski definition) is 1. The number of hydrogen-bond acceptors (Lipinski definition) is 6. The number of Topliss-reactive ketones (excluding diaryl/α,β-unsaturated/α-hetero) is 1. The molecular weight excluding hydrogens is 408 g/mol. The molecule has 30 heavy (non-hydrogen) atoms. The molecule has 0 aliphatic carbocycles. The molecule has 0 aromatic heterocycles. The maximum Gasteiger partial charge on any atom is 0.324 e. The zero-order chi connectivity index (χ0) is 22.6. The zero-order valence-electron chi connectivity index (χ0n) is 18.0. The highest BCUT2D eigenvalue weighted by Crippen LogP contribution is 2.23. The van der Waals surface area contributed by atoms with Gasteiger partial charge < -0.3 is 9.64 Å². The van der Waals surface area contributed by atoms with Gasteiger partial charge in [-0.1, -0.05) is 12.1 Å². The first-order valence-electron chi connectivity index (χ1n) is 10.1. The van der Waals surface area contributed by atoms with Crippen LogP contribution in [0.5, 0.6) is 0 Å². The van der Waals surface area contributed by atoms with Gasteiger partial charge in [-0.15, -0.1) is 0 Å². The first kappa shape index (κ1) is 24.0. The summed E-state index contributed by atoms with van der Waals surface area (Å²) in [5.41, 5.74) is 0.384. The smallest absolute Gasteiger partial charge is 0.324 e. The molecule has 1 amide bonds. The number of carbonyl (C=O) groups is 3. The second-order valence-corrected chi connectivity index (χ2v) is 9.59. The molecular formula is C21H30N2O6S. The van der Waals surface area contributed by atoms with Crippen molar-refractivity contribution >= 4 is 27.7 Å². The van der Waals surface area contributed by atoms with Gasteiger partial charge in [-0.05, 0) is 66.0 Å². The monoisotopic (exact) mass is 438 g/mol. The summed E-state index contributed by atoms with van der Waals surface area (Å²) in [4.78, 5) is 38.1. The van der Waals surface area contributed by atoms with Crippen molar-refractivity contribution in [3.63, 3.8) is 0 Å². The molecule has 1 heterocycles. The minimum absolute atomic E-state index is 0.0660. The Labute approximate surface area is 178 Å². The van der Waals surface area contributed by atoms with E-state index in [0.717, 1.165) is 19.3 Å². The Morgan fingerprint density at radius 1 is 1.07 bits per heavy atom. The zero-order valence-corrected chi connectivity index (χ0v) is 18.9. The molecule has 0 saturated carbocycles. The second-order valence-electron chi connectivity index (χ2n) is 7.88. The summed E-state index contributed by atoms with van der Waals surface area (Å²) >= 11 is 0. The Morgan fingerprint density at radius 3 is 2.10 bits per heavy atom. The van der Waals surface area contributed by atoms with E-state index in [1.54, 1.807) is 4.90 Å². The van der Waals surface area contributed by atoms with Gasteiger partial charge in [-0.25, -0.2) is 8.42 Å². The molecule has 1 aliphatic rings. The van der Waals surface area contributed by atoms with Crippen LogP contribution >= 0.6 is 0 Å². The molecule has 166 valence electrons. The van der Waals surface area contributed by atoms with Crippen molar-refractivity contribution in [2.75, 3.05) is 0 Å². The maximum atomic E-state index is 12.8. The summed E-state index contributed by atoms with van der Waals surface area (Å²) in [6.45, 7) is 8.17. The molecule has 1 aliphatic heterocycles. The van der Waals surface area contributed by atoms with Gasteiger partial charge in [-0.2, -0.15) is 4.72 Å². The standard InChI is InChI=1S/C21H30N2O6S/c1-13-7-6-8-14(2)23(13)20(25)17(5)29-21(26)15(3)22-30(27,28)19-11-9-18(10-12-19)16(4)24/h9-15,17,22H,6-8H2,1-5H3/t13-,14-,15-,17-/m1/s1. The van der Waals surface area contributed by atoms with Crippen molar-refractivity contribution in [1.82, 2.24) is 9.62 Å². The lowest BCUT2D eigenvalue weighted by Gasteiger charge is -2.40. The number of esters is 1. The first-order chi connectivity index (χ1) is 13.9. The van der Waals surface area contributed by atoms with Crippen molar-refractivity contribution in [1.29, 1.82) is 0 Å². The van der Waals surface area contributed by atoms with E-state index in [2.05, 4.69) is 4.72 Å². The molecule has 1 N–H and O–H groups in total. The fourth-order valence-electron chi connectivity index (χ4n) is 3.61. The average molecular weight is 439 g/mol. The molecule has 1 saturated heterocycles. The number of nitrogens with zero attached hydrogens (tertiary/aromatic N) is 1. The number of ether oxygens (including phenoxy) is 1. The van der Waals surface area contributed by atoms with Crippen LogP contribution in [0.2, 0.25) is 0 Å². The quantitative estimate of drug-likeness (QED) is 0.517. The van der Waals surface area contributed by atoms with Crippen LogP contribution in [0.3, 0.4) is 0 Å². The highest BCUT2D eigenvalue weighted by molar-refractivity contribution is 7.89. The highest BCUT2D eigenvalue weighted by atomic mass is 32.2. The van der Waals surface area contributed by atoms with E-state index in [1.165, 1.54) is 45.0 Å². The summed E-state index contributed by atoms with van der Waals surface area (Å²) in [5.74, 6) is -1.30. The number of benzene rings is 1. The van der Waals surface area contributed by atoms with Gasteiger partial charge in [0.15, 0.2) is 11.9 Å². The molecule has 1 fully saturated rings. The van der Waals surface area contributed by atoms with Gasteiger partial charge in [0.2, 0.25) is 10.0 Å². The third-order valence-electron chi connectivity index (χ3n) is 5.35. The summed E-state index contributed by atoms with van der Waals surface area (Å²) in [6, 6.07) is 4.34. The predicted octanol–water partition coefficient (Wildman–Crippen LogP) is 2.28. The minimum Gasteiger partial charge on any atom is -0.451 e. The van der Waals surface area contributed by atoms with Gasteiger partial charge in [-0.3, -0.25) is 14.4 Å². The molecule has 1 aromatic carbocycles. The third kappa shape index (κ3) is 5.66. The lowest BCUT2D eigenvalue weighted by atomic mass is 9.97. The van der Waals surface area contributed by atoms with Crippen LogP contribution in [0.1, 0.15) is 64.2 Å². The Morgan fingerprint density at radius 2 is 1.60 bits per heavy atom. The summed E-state index contributed by atoms with van der Waals surface area (Å²) < 4.78 is 32.5. The number of likely N-dealkylation sites (tertiary alicyclic amines) is 1. The van der Waals surface area contributed by atoms with Crippen LogP contribution < -0.4 is 4.72 Å². The number of ketones is 1. The van der Waals surface area contributed by atoms with Crippen LogP contribution in [-0.2, 0) is 24.3 Å². The average Bonchev–Trinajstić information content (AvgIpc) is 2.67. The Hall–Kier alpha value is -2.26. The molecule has 4 atom stereocenters. The van der Waals surface area contributed by atoms with Gasteiger partial charge >= 0.3 is 5.97 Å². The van der Waals surface area contributed by atoms with Crippen molar-refractivity contribution < 1.29 is 27.5 Å². The summed E-state index contributed by atoms with van der Waals surface area (Å²) in [5, 5.41) is 0.